The molecule has 0 spiro atoms. The molecule has 2 rings (SSSR count). The first-order chi connectivity index (χ1) is 8.66. The number of piperazine rings is 1. The first-order valence-electron chi connectivity index (χ1n) is 6.15. The molecule has 2 aliphatic heterocycles. The van der Waals surface area contributed by atoms with E-state index in [2.05, 4.69) is 15.5 Å². The van der Waals surface area contributed by atoms with Crippen molar-refractivity contribution in [2.45, 2.75) is 25.3 Å². The maximum Gasteiger partial charge on any atom is 0.243 e. The predicted octanol–water partition coefficient (Wildman–Crippen LogP) is 0.105. The Bertz CT molecular complexity index is 356. The van der Waals surface area contributed by atoms with E-state index in [0.717, 1.165) is 23.2 Å². The van der Waals surface area contributed by atoms with Gasteiger partial charge >= 0.3 is 0 Å². The van der Waals surface area contributed by atoms with Crippen molar-refractivity contribution in [1.82, 2.24) is 15.5 Å². The first kappa shape index (κ1) is 13.6. The Morgan fingerprint density at radius 1 is 1.39 bits per heavy atom. The summed E-state index contributed by atoms with van der Waals surface area (Å²) in [5.41, 5.74) is 0. The number of amides is 2. The largest absolute Gasteiger partial charge is 0.358 e. The molecule has 0 aromatic carbocycles. The number of thiocarbonyl (C=S) groups is 1. The van der Waals surface area contributed by atoms with E-state index in [-0.39, 0.29) is 18.4 Å². The summed E-state index contributed by atoms with van der Waals surface area (Å²) in [7, 11) is 0. The van der Waals surface area contributed by atoms with Crippen LogP contribution in [0, 0.1) is 0 Å². The highest BCUT2D eigenvalue weighted by Crippen LogP contribution is 2.17. The van der Waals surface area contributed by atoms with Gasteiger partial charge in [-0.05, 0) is 19.3 Å². The van der Waals surface area contributed by atoms with Crippen molar-refractivity contribution in [1.29, 1.82) is 0 Å². The number of rotatable bonds is 3. The molecule has 18 heavy (non-hydrogen) atoms. The Morgan fingerprint density at radius 2 is 2.11 bits per heavy atom. The minimum atomic E-state index is -0.403. The Labute approximate surface area is 116 Å². The van der Waals surface area contributed by atoms with Gasteiger partial charge in [-0.2, -0.15) is 0 Å². The summed E-state index contributed by atoms with van der Waals surface area (Å²) in [6, 6.07) is -0.403. The number of carbonyl (C=O) groups excluding carboxylic acids is 2. The summed E-state index contributed by atoms with van der Waals surface area (Å²) in [6.45, 7) is 2.19. The van der Waals surface area contributed by atoms with Crippen molar-refractivity contribution in [3.8, 4) is 0 Å². The monoisotopic (exact) mass is 287 g/mol. The fourth-order valence-corrected chi connectivity index (χ4v) is 3.39. The van der Waals surface area contributed by atoms with E-state index in [1.807, 2.05) is 0 Å². The van der Waals surface area contributed by atoms with Crippen molar-refractivity contribution in [3.63, 3.8) is 0 Å². The van der Waals surface area contributed by atoms with Gasteiger partial charge in [0.1, 0.15) is 10.4 Å². The molecule has 2 amide bonds. The number of nitrogens with zero attached hydrogens (tertiary/aromatic N) is 1. The molecule has 100 valence electrons. The maximum absolute atomic E-state index is 11.5. The lowest BCUT2D eigenvalue weighted by Gasteiger charge is -2.23. The second-order valence-corrected chi connectivity index (χ2v) is 6.16. The summed E-state index contributed by atoms with van der Waals surface area (Å²) in [4.78, 5) is 24.9. The lowest BCUT2D eigenvalue weighted by molar-refractivity contribution is -0.133. The number of hydrogen-bond donors (Lipinski definition) is 2. The predicted molar refractivity (Wildman–Crippen MR) is 75.4 cm³/mol. The number of nitrogens with one attached hydrogen (secondary N) is 2. The summed E-state index contributed by atoms with van der Waals surface area (Å²) in [6.07, 6.45) is 3.04. The molecule has 0 bridgehead atoms. The number of carbonyl (C=O) groups is 2. The molecule has 1 unspecified atom stereocenters. The van der Waals surface area contributed by atoms with Gasteiger partial charge in [0.15, 0.2) is 0 Å². The summed E-state index contributed by atoms with van der Waals surface area (Å²) in [5, 5.41) is 5.26. The van der Waals surface area contributed by atoms with Gasteiger partial charge in [0.25, 0.3) is 0 Å². The minimum Gasteiger partial charge on any atom is -0.358 e. The third-order valence-corrected chi connectivity index (χ3v) is 4.63. The van der Waals surface area contributed by atoms with Gasteiger partial charge in [0.05, 0.1) is 6.54 Å². The SMILES string of the molecule is O=C1CNC(=O)C(CCSC(=S)N2CCCC2)N1. The van der Waals surface area contributed by atoms with Crippen molar-refractivity contribution < 1.29 is 9.59 Å². The van der Waals surface area contributed by atoms with E-state index in [4.69, 9.17) is 12.2 Å². The molecule has 2 saturated heterocycles. The first-order valence-corrected chi connectivity index (χ1v) is 7.55. The highest BCUT2D eigenvalue weighted by molar-refractivity contribution is 8.22. The van der Waals surface area contributed by atoms with Crippen LogP contribution in [-0.4, -0.2) is 52.5 Å². The van der Waals surface area contributed by atoms with E-state index in [9.17, 15) is 9.59 Å². The molecular weight excluding hydrogens is 270 g/mol. The quantitative estimate of drug-likeness (QED) is 0.721. The van der Waals surface area contributed by atoms with Crippen molar-refractivity contribution in [2.75, 3.05) is 25.4 Å². The second-order valence-electron chi connectivity index (χ2n) is 4.44. The van der Waals surface area contributed by atoms with Crippen LogP contribution in [-0.2, 0) is 9.59 Å². The molecular formula is C11H17N3O2S2. The maximum atomic E-state index is 11.5. The molecule has 0 radical (unpaired) electrons. The molecule has 2 N–H and O–H groups in total. The van der Waals surface area contributed by atoms with Crippen molar-refractivity contribution in [2.24, 2.45) is 0 Å². The zero-order chi connectivity index (χ0) is 13.0. The molecule has 0 aromatic rings. The zero-order valence-electron chi connectivity index (χ0n) is 10.1. The highest BCUT2D eigenvalue weighted by Gasteiger charge is 2.25. The summed E-state index contributed by atoms with van der Waals surface area (Å²) < 4.78 is 0.912. The number of likely N-dealkylation sites (tertiary alicyclic amines) is 1. The zero-order valence-corrected chi connectivity index (χ0v) is 11.7. The Balaban J connectivity index is 1.69. The van der Waals surface area contributed by atoms with E-state index in [1.165, 1.54) is 12.8 Å². The van der Waals surface area contributed by atoms with E-state index in [0.29, 0.717) is 6.42 Å². The average molecular weight is 287 g/mol. The molecule has 2 fully saturated rings. The normalized spacial score (nSPS) is 23.8. The van der Waals surface area contributed by atoms with Gasteiger partial charge < -0.3 is 15.5 Å². The summed E-state index contributed by atoms with van der Waals surface area (Å²) in [5.74, 6) is 0.544. The van der Waals surface area contributed by atoms with Crippen LogP contribution in [0.1, 0.15) is 19.3 Å². The third-order valence-electron chi connectivity index (χ3n) is 3.07. The molecule has 7 heteroatoms. The van der Waals surface area contributed by atoms with Gasteiger partial charge in [-0.1, -0.05) is 24.0 Å². The fourth-order valence-electron chi connectivity index (χ4n) is 2.06. The third kappa shape index (κ3) is 3.58. The van der Waals surface area contributed by atoms with Crippen LogP contribution in [0.15, 0.2) is 0 Å². The Kier molecular flexibility index (Phi) is 4.82. The van der Waals surface area contributed by atoms with Gasteiger partial charge in [0, 0.05) is 18.8 Å². The molecule has 1 atom stereocenters. The topological polar surface area (TPSA) is 61.4 Å². The Morgan fingerprint density at radius 3 is 2.83 bits per heavy atom. The van der Waals surface area contributed by atoms with Crippen LogP contribution in [0.5, 0.6) is 0 Å². The average Bonchev–Trinajstić information content (AvgIpc) is 2.87. The fraction of sp³-hybridized carbons (Fsp3) is 0.727. The van der Waals surface area contributed by atoms with Crippen molar-refractivity contribution >= 4 is 40.1 Å². The molecule has 2 aliphatic rings. The van der Waals surface area contributed by atoms with Crippen molar-refractivity contribution in [3.05, 3.63) is 0 Å². The van der Waals surface area contributed by atoms with Gasteiger partial charge in [0.2, 0.25) is 11.8 Å². The second kappa shape index (κ2) is 6.38. The lowest BCUT2D eigenvalue weighted by Crippen LogP contribution is -2.56. The summed E-state index contributed by atoms with van der Waals surface area (Å²) >= 11 is 6.93. The van der Waals surface area contributed by atoms with Crippen LogP contribution in [0.4, 0.5) is 0 Å². The van der Waals surface area contributed by atoms with Crippen LogP contribution < -0.4 is 10.6 Å². The van der Waals surface area contributed by atoms with Gasteiger partial charge in [-0.25, -0.2) is 0 Å². The van der Waals surface area contributed by atoms with Crippen LogP contribution in [0.2, 0.25) is 0 Å². The van der Waals surface area contributed by atoms with E-state index >= 15 is 0 Å². The molecule has 2 heterocycles. The molecule has 0 aromatic heterocycles. The highest BCUT2D eigenvalue weighted by atomic mass is 32.2. The number of thioether (sulfide) groups is 1. The standard InChI is InChI=1S/C11H17N3O2S2/c15-9-7-12-10(16)8(13-9)3-6-18-11(17)14-4-1-2-5-14/h8H,1-7H2,(H,12,16)(H,13,15). The van der Waals surface area contributed by atoms with E-state index in [1.54, 1.807) is 11.8 Å². The minimum absolute atomic E-state index is 0.0919. The van der Waals surface area contributed by atoms with Gasteiger partial charge in [-0.3, -0.25) is 9.59 Å². The van der Waals surface area contributed by atoms with Gasteiger partial charge in [-0.15, -0.1) is 0 Å². The Hall–Kier alpha value is -0.820. The lowest BCUT2D eigenvalue weighted by atomic mass is 10.2. The number of hydrogen-bond acceptors (Lipinski definition) is 4. The molecule has 0 saturated carbocycles. The van der Waals surface area contributed by atoms with Crippen LogP contribution in [0.25, 0.3) is 0 Å². The van der Waals surface area contributed by atoms with Crippen LogP contribution >= 0.6 is 24.0 Å². The smallest absolute Gasteiger partial charge is 0.243 e. The molecule has 5 nitrogen and oxygen atoms in total. The van der Waals surface area contributed by atoms with E-state index < -0.39 is 6.04 Å². The van der Waals surface area contributed by atoms with Crippen LogP contribution in [0.3, 0.4) is 0 Å². The molecule has 0 aliphatic carbocycles.